The van der Waals surface area contributed by atoms with E-state index in [1.165, 1.54) is 0 Å². The number of hydrogen-bond acceptors (Lipinski definition) is 5. The lowest BCUT2D eigenvalue weighted by Crippen LogP contribution is -2.44. The molecule has 0 radical (unpaired) electrons. The van der Waals surface area contributed by atoms with Crippen molar-refractivity contribution in [3.05, 3.63) is 42.0 Å². The Labute approximate surface area is 181 Å². The van der Waals surface area contributed by atoms with Crippen LogP contribution in [0, 0.1) is 11.8 Å². The van der Waals surface area contributed by atoms with Gasteiger partial charge < -0.3 is 18.9 Å². The molecule has 1 aromatic rings. The van der Waals surface area contributed by atoms with Gasteiger partial charge in [-0.2, -0.15) is 0 Å². The van der Waals surface area contributed by atoms with Crippen molar-refractivity contribution in [2.45, 2.75) is 85.1 Å². The van der Waals surface area contributed by atoms with E-state index < -0.39 is 5.79 Å². The number of benzene rings is 1. The van der Waals surface area contributed by atoms with Gasteiger partial charge in [0.1, 0.15) is 11.5 Å². The quantitative estimate of drug-likeness (QED) is 0.482. The molecule has 0 bridgehead atoms. The topological polar surface area (TPSA) is 54.0 Å². The van der Waals surface area contributed by atoms with Crippen LogP contribution in [0.15, 0.2) is 36.4 Å². The lowest BCUT2D eigenvalue weighted by Gasteiger charge is -2.40. The monoisotopic (exact) mass is 418 g/mol. The van der Waals surface area contributed by atoms with Crippen molar-refractivity contribution < 1.29 is 23.7 Å². The summed E-state index contributed by atoms with van der Waals surface area (Å²) >= 11 is 0. The molecule has 1 aliphatic rings. The number of carbonyl (C=O) groups excluding carboxylic acids is 1. The highest BCUT2D eigenvalue weighted by Crippen LogP contribution is 2.30. The molecule has 1 aliphatic heterocycles. The summed E-state index contributed by atoms with van der Waals surface area (Å²) < 4.78 is 23.4. The highest BCUT2D eigenvalue weighted by atomic mass is 16.7. The zero-order valence-electron chi connectivity index (χ0n) is 19.5. The smallest absolute Gasteiger partial charge is 0.163 e. The number of rotatable bonds is 10. The molecule has 0 amide bonds. The number of Topliss-reactive ketones (excluding diaryl/α,β-unsaturated/α-hetero) is 1. The van der Waals surface area contributed by atoms with E-state index in [4.69, 9.17) is 18.9 Å². The van der Waals surface area contributed by atoms with E-state index in [0.29, 0.717) is 25.4 Å². The van der Waals surface area contributed by atoms with Crippen molar-refractivity contribution in [2.75, 3.05) is 7.11 Å². The molecule has 1 heterocycles. The first kappa shape index (κ1) is 24.6. The summed E-state index contributed by atoms with van der Waals surface area (Å²) in [5, 5.41) is 0. The molecule has 30 heavy (non-hydrogen) atoms. The van der Waals surface area contributed by atoms with E-state index in [1.54, 1.807) is 14.0 Å². The third-order valence-electron chi connectivity index (χ3n) is 5.30. The number of methoxy groups -OCH3 is 1. The molecular weight excluding hydrogens is 380 g/mol. The summed E-state index contributed by atoms with van der Waals surface area (Å²) in [5.41, 5.74) is 1.12. The van der Waals surface area contributed by atoms with Crippen molar-refractivity contribution >= 4 is 5.78 Å². The summed E-state index contributed by atoms with van der Waals surface area (Å²) in [4.78, 5) is 11.5. The molecule has 5 nitrogen and oxygen atoms in total. The van der Waals surface area contributed by atoms with Crippen LogP contribution in [-0.2, 0) is 25.6 Å². The van der Waals surface area contributed by atoms with Crippen LogP contribution in [0.25, 0.3) is 0 Å². The Kier molecular flexibility index (Phi) is 9.08. The summed E-state index contributed by atoms with van der Waals surface area (Å²) in [6, 6.07) is 7.97. The zero-order valence-corrected chi connectivity index (χ0v) is 19.5. The molecule has 0 unspecified atom stereocenters. The fourth-order valence-corrected chi connectivity index (χ4v) is 3.99. The zero-order chi connectivity index (χ0) is 22.3. The first-order valence-corrected chi connectivity index (χ1v) is 10.9. The maximum absolute atomic E-state index is 11.5. The van der Waals surface area contributed by atoms with E-state index in [0.717, 1.165) is 11.3 Å². The molecule has 0 aromatic heterocycles. The predicted molar refractivity (Wildman–Crippen MR) is 118 cm³/mol. The average Bonchev–Trinajstić information content (AvgIpc) is 2.65. The minimum Gasteiger partial charge on any atom is -0.497 e. The lowest BCUT2D eigenvalue weighted by molar-refractivity contribution is -0.289. The summed E-state index contributed by atoms with van der Waals surface area (Å²) in [6.07, 6.45) is 5.30. The van der Waals surface area contributed by atoms with E-state index in [9.17, 15) is 4.79 Å². The Hall–Kier alpha value is -1.69. The van der Waals surface area contributed by atoms with Gasteiger partial charge in [0.15, 0.2) is 5.79 Å². The average molecular weight is 419 g/mol. The van der Waals surface area contributed by atoms with Crippen LogP contribution in [0.2, 0.25) is 0 Å². The van der Waals surface area contributed by atoms with Gasteiger partial charge in [0.2, 0.25) is 0 Å². The maximum Gasteiger partial charge on any atom is 0.163 e. The molecular formula is C25H38O5. The normalized spacial score (nSPS) is 23.5. The summed E-state index contributed by atoms with van der Waals surface area (Å²) in [6.45, 7) is 12.5. The Balaban J connectivity index is 1.97. The van der Waals surface area contributed by atoms with E-state index in [1.807, 2.05) is 38.1 Å². The Morgan fingerprint density at radius 3 is 2.43 bits per heavy atom. The van der Waals surface area contributed by atoms with Gasteiger partial charge in [-0.05, 0) is 44.4 Å². The van der Waals surface area contributed by atoms with E-state index in [2.05, 4.69) is 32.9 Å². The predicted octanol–water partition coefficient (Wildman–Crippen LogP) is 5.32. The van der Waals surface area contributed by atoms with Crippen molar-refractivity contribution in [1.82, 2.24) is 0 Å². The fraction of sp³-hybridized carbons (Fsp3) is 0.640. The highest BCUT2D eigenvalue weighted by molar-refractivity contribution is 5.76. The van der Waals surface area contributed by atoms with Crippen LogP contribution in [0.4, 0.5) is 0 Å². The molecule has 168 valence electrons. The first-order chi connectivity index (χ1) is 14.1. The van der Waals surface area contributed by atoms with Crippen LogP contribution in [0.1, 0.15) is 59.9 Å². The van der Waals surface area contributed by atoms with Gasteiger partial charge in [0.25, 0.3) is 0 Å². The molecule has 4 atom stereocenters. The molecule has 0 aliphatic carbocycles. The van der Waals surface area contributed by atoms with Gasteiger partial charge in [0.05, 0.1) is 32.0 Å². The van der Waals surface area contributed by atoms with Crippen molar-refractivity contribution in [3.8, 4) is 5.75 Å². The maximum atomic E-state index is 11.5. The Bertz CT molecular complexity index is 692. The minimum absolute atomic E-state index is 0.0741. The third kappa shape index (κ3) is 7.86. The summed E-state index contributed by atoms with van der Waals surface area (Å²) in [5.74, 6) is 0.891. The molecule has 2 rings (SSSR count). The van der Waals surface area contributed by atoms with Crippen molar-refractivity contribution in [3.63, 3.8) is 0 Å². The van der Waals surface area contributed by atoms with Gasteiger partial charge >= 0.3 is 0 Å². The second-order valence-electron chi connectivity index (χ2n) is 9.05. The first-order valence-electron chi connectivity index (χ1n) is 10.9. The van der Waals surface area contributed by atoms with Gasteiger partial charge in [-0.3, -0.25) is 4.79 Å². The number of hydrogen-bond donors (Lipinski definition) is 0. The van der Waals surface area contributed by atoms with Crippen molar-refractivity contribution in [2.24, 2.45) is 11.8 Å². The third-order valence-corrected chi connectivity index (χ3v) is 5.30. The van der Waals surface area contributed by atoms with E-state index >= 15 is 0 Å². The van der Waals surface area contributed by atoms with Crippen molar-refractivity contribution in [1.29, 1.82) is 0 Å². The van der Waals surface area contributed by atoms with Crippen LogP contribution in [0.3, 0.4) is 0 Å². The molecule has 1 saturated heterocycles. The minimum atomic E-state index is -0.696. The molecule has 0 saturated carbocycles. The van der Waals surface area contributed by atoms with Gasteiger partial charge in [-0.15, -0.1) is 0 Å². The SMILES string of the molecule is COc1ccc(CO[C@@H](C(C)C)[C@@H](C)C=C[C@H]2C[C@@H](CC(C)=O)OC(C)(C)O2)cc1. The Morgan fingerprint density at radius 2 is 1.87 bits per heavy atom. The Morgan fingerprint density at radius 1 is 1.20 bits per heavy atom. The number of ether oxygens (including phenoxy) is 4. The van der Waals surface area contributed by atoms with Crippen LogP contribution < -0.4 is 4.74 Å². The van der Waals surface area contributed by atoms with Gasteiger partial charge in [0, 0.05) is 18.8 Å². The van der Waals surface area contributed by atoms with Crippen LogP contribution in [0.5, 0.6) is 5.75 Å². The van der Waals surface area contributed by atoms with Crippen LogP contribution in [-0.4, -0.2) is 37.0 Å². The molecule has 5 heteroatoms. The second kappa shape index (κ2) is 11.1. The fourth-order valence-electron chi connectivity index (χ4n) is 3.99. The molecule has 1 aromatic carbocycles. The van der Waals surface area contributed by atoms with Gasteiger partial charge in [-0.1, -0.05) is 45.1 Å². The van der Waals surface area contributed by atoms with Crippen LogP contribution >= 0.6 is 0 Å². The number of carbonyl (C=O) groups is 1. The standard InChI is InChI=1S/C25H38O5/c1-17(2)24(28-16-20-9-12-21(27-7)13-10-20)18(3)8-11-22-15-23(14-19(4)26)30-25(5,6)29-22/h8-13,17-18,22-24H,14-16H2,1-7H3/t18-,22-,23+,24-/m0/s1. The second-order valence-corrected chi connectivity index (χ2v) is 9.05. The van der Waals surface area contributed by atoms with Gasteiger partial charge in [-0.25, -0.2) is 0 Å². The molecule has 0 N–H and O–H groups in total. The highest BCUT2D eigenvalue weighted by Gasteiger charge is 2.35. The molecule has 0 spiro atoms. The molecule has 1 fully saturated rings. The number of ketones is 1. The lowest BCUT2D eigenvalue weighted by atomic mass is 9.93. The summed E-state index contributed by atoms with van der Waals surface area (Å²) in [7, 11) is 1.67. The van der Waals surface area contributed by atoms with E-state index in [-0.39, 0.29) is 30.0 Å². The largest absolute Gasteiger partial charge is 0.497 e.